The molecule has 0 fully saturated rings. The number of nitrogens with one attached hydrogen (secondary N) is 1. The van der Waals surface area contributed by atoms with Crippen LogP contribution >= 0.6 is 0 Å². The fourth-order valence-corrected chi connectivity index (χ4v) is 1.76. The van der Waals surface area contributed by atoms with Gasteiger partial charge in [-0.15, -0.1) is 5.10 Å². The Balaban J connectivity index is 2.35. The van der Waals surface area contributed by atoms with Crippen molar-refractivity contribution >= 4 is 17.0 Å². The van der Waals surface area contributed by atoms with Crippen molar-refractivity contribution in [3.8, 4) is 5.75 Å². The number of nitrogens with two attached hydrogens (primary N) is 1. The lowest BCUT2D eigenvalue weighted by Crippen LogP contribution is -2.06. The average Bonchev–Trinajstić information content (AvgIpc) is 2.94. The highest BCUT2D eigenvalue weighted by molar-refractivity contribution is 5.78. The van der Waals surface area contributed by atoms with E-state index in [1.165, 1.54) is 19.9 Å². The molecule has 0 unspecified atom stereocenters. The third-order valence-electron chi connectivity index (χ3n) is 2.84. The first-order valence-corrected chi connectivity index (χ1v) is 6.40. The number of rotatable bonds is 5. The van der Waals surface area contributed by atoms with Gasteiger partial charge in [0.15, 0.2) is 16.9 Å². The molecule has 2 heterocycles. The Labute approximate surface area is 125 Å². The molecule has 2 aromatic heterocycles. The Morgan fingerprint density at radius 3 is 2.86 bits per heavy atom. The van der Waals surface area contributed by atoms with Gasteiger partial charge in [-0.05, 0) is 19.4 Å². The third-order valence-corrected chi connectivity index (χ3v) is 2.84. The predicted octanol–water partition coefficient (Wildman–Crippen LogP) is 2.99. The van der Waals surface area contributed by atoms with Crippen LogP contribution in [0.15, 0.2) is 41.5 Å². The standard InChI is InChI=1S/C14H15F2N5O/c1-4-9(15)8(12(16)7(2)3)6-22-10-5-11(17)18-14-13(10)19-21-20-14/h4-5H,2,6H2,1,3H3,(H3,17,18,19,20,21)/b9-4+,12-8+. The van der Waals surface area contributed by atoms with Crippen LogP contribution in [0.1, 0.15) is 13.8 Å². The van der Waals surface area contributed by atoms with Crippen LogP contribution in [0, 0.1) is 0 Å². The number of hydrogen-bond donors (Lipinski definition) is 2. The number of aromatic nitrogens is 4. The summed E-state index contributed by atoms with van der Waals surface area (Å²) in [6, 6.07) is 1.41. The molecule has 3 N–H and O–H groups in total. The van der Waals surface area contributed by atoms with Crippen molar-refractivity contribution < 1.29 is 13.5 Å². The smallest absolute Gasteiger partial charge is 0.181 e. The van der Waals surface area contributed by atoms with Gasteiger partial charge >= 0.3 is 0 Å². The molecule has 0 bridgehead atoms. The van der Waals surface area contributed by atoms with Crippen LogP contribution in [0.25, 0.3) is 11.2 Å². The summed E-state index contributed by atoms with van der Waals surface area (Å²) in [6.45, 7) is 6.02. The van der Waals surface area contributed by atoms with Gasteiger partial charge in [0.1, 0.15) is 24.1 Å². The maximum absolute atomic E-state index is 14.0. The zero-order chi connectivity index (χ0) is 16.3. The fourth-order valence-electron chi connectivity index (χ4n) is 1.76. The summed E-state index contributed by atoms with van der Waals surface area (Å²) in [4.78, 5) is 3.97. The number of fused-ring (bicyclic) bond motifs is 1. The van der Waals surface area contributed by atoms with Crippen LogP contribution in [-0.2, 0) is 0 Å². The molecule has 0 aliphatic heterocycles. The van der Waals surface area contributed by atoms with Crippen molar-refractivity contribution in [3.63, 3.8) is 0 Å². The maximum atomic E-state index is 14.0. The van der Waals surface area contributed by atoms with E-state index in [0.717, 1.165) is 6.08 Å². The molecule has 0 atom stereocenters. The molecule has 0 aliphatic rings. The molecule has 0 aliphatic carbocycles. The fraction of sp³-hybridized carbons (Fsp3) is 0.214. The van der Waals surface area contributed by atoms with E-state index in [1.807, 2.05) is 0 Å². The van der Waals surface area contributed by atoms with Gasteiger partial charge in [0.25, 0.3) is 0 Å². The Morgan fingerprint density at radius 1 is 1.50 bits per heavy atom. The zero-order valence-electron chi connectivity index (χ0n) is 12.2. The number of nitrogens with zero attached hydrogens (tertiary/aromatic N) is 3. The second kappa shape index (κ2) is 6.33. The van der Waals surface area contributed by atoms with Gasteiger partial charge in [-0.2, -0.15) is 0 Å². The number of nitrogen functional groups attached to an aromatic ring is 1. The van der Waals surface area contributed by atoms with E-state index in [-0.39, 0.29) is 29.3 Å². The number of H-pyrrole nitrogens is 1. The normalized spacial score (nSPS) is 13.2. The molecule has 2 rings (SSSR count). The minimum absolute atomic E-state index is 0.108. The maximum Gasteiger partial charge on any atom is 0.181 e. The molecule has 0 radical (unpaired) electrons. The van der Waals surface area contributed by atoms with E-state index < -0.39 is 11.7 Å². The van der Waals surface area contributed by atoms with Crippen LogP contribution in [0.5, 0.6) is 5.75 Å². The molecule has 6 nitrogen and oxygen atoms in total. The minimum Gasteiger partial charge on any atom is -0.486 e. The molecule has 0 saturated carbocycles. The monoisotopic (exact) mass is 307 g/mol. The van der Waals surface area contributed by atoms with E-state index >= 15 is 0 Å². The second-order valence-electron chi connectivity index (χ2n) is 4.55. The van der Waals surface area contributed by atoms with Crippen LogP contribution in [0.4, 0.5) is 14.6 Å². The van der Waals surface area contributed by atoms with E-state index in [4.69, 9.17) is 10.5 Å². The average molecular weight is 307 g/mol. The highest BCUT2D eigenvalue weighted by Crippen LogP contribution is 2.27. The van der Waals surface area contributed by atoms with Crippen molar-refractivity contribution in [1.29, 1.82) is 0 Å². The van der Waals surface area contributed by atoms with Crippen molar-refractivity contribution in [2.45, 2.75) is 13.8 Å². The summed E-state index contributed by atoms with van der Waals surface area (Å²) in [7, 11) is 0. The summed E-state index contributed by atoms with van der Waals surface area (Å²) in [6.07, 6.45) is 1.15. The highest BCUT2D eigenvalue weighted by atomic mass is 19.1. The van der Waals surface area contributed by atoms with E-state index in [9.17, 15) is 8.78 Å². The van der Waals surface area contributed by atoms with Crippen molar-refractivity contribution in [3.05, 3.63) is 41.5 Å². The van der Waals surface area contributed by atoms with Gasteiger partial charge in [0.2, 0.25) is 0 Å². The highest BCUT2D eigenvalue weighted by Gasteiger charge is 2.16. The summed E-state index contributed by atoms with van der Waals surface area (Å²) < 4.78 is 33.3. The first-order valence-electron chi connectivity index (χ1n) is 6.40. The summed E-state index contributed by atoms with van der Waals surface area (Å²) >= 11 is 0. The van der Waals surface area contributed by atoms with Gasteiger partial charge in [0, 0.05) is 6.07 Å². The van der Waals surface area contributed by atoms with Crippen molar-refractivity contribution in [2.24, 2.45) is 0 Å². The zero-order valence-corrected chi connectivity index (χ0v) is 12.2. The molecule has 116 valence electrons. The molecule has 8 heteroatoms. The predicted molar refractivity (Wildman–Crippen MR) is 79.4 cm³/mol. The van der Waals surface area contributed by atoms with E-state index in [2.05, 4.69) is 27.0 Å². The topological polar surface area (TPSA) is 89.7 Å². The number of hydrogen-bond acceptors (Lipinski definition) is 5. The SMILES string of the molecule is C=C(C)/C(F)=C(COc1cc(N)nc2[nH]nnc12)\C(F)=C/C. The quantitative estimate of drug-likeness (QED) is 0.829. The largest absolute Gasteiger partial charge is 0.486 e. The molecular formula is C14H15F2N5O. The van der Waals surface area contributed by atoms with Gasteiger partial charge in [-0.3, -0.25) is 0 Å². The number of allylic oxidation sites excluding steroid dienone is 3. The second-order valence-corrected chi connectivity index (χ2v) is 4.55. The number of anilines is 1. The Bertz CT molecular complexity index is 779. The molecule has 2 aromatic rings. The lowest BCUT2D eigenvalue weighted by atomic mass is 10.1. The molecule has 0 amide bonds. The van der Waals surface area contributed by atoms with Gasteiger partial charge in [-0.25, -0.2) is 18.9 Å². The van der Waals surface area contributed by atoms with Crippen molar-refractivity contribution in [1.82, 2.24) is 20.4 Å². The van der Waals surface area contributed by atoms with E-state index in [1.54, 1.807) is 0 Å². The lowest BCUT2D eigenvalue weighted by Gasteiger charge is -2.11. The Hall–Kier alpha value is -2.77. The lowest BCUT2D eigenvalue weighted by molar-refractivity contribution is 0.346. The summed E-state index contributed by atoms with van der Waals surface area (Å²) in [5.41, 5.74) is 6.16. The van der Waals surface area contributed by atoms with Gasteiger partial charge in [-0.1, -0.05) is 17.9 Å². The van der Waals surface area contributed by atoms with E-state index in [0.29, 0.717) is 11.2 Å². The number of halogens is 2. The van der Waals surface area contributed by atoms with Crippen LogP contribution in [0.3, 0.4) is 0 Å². The number of pyridine rings is 1. The molecular weight excluding hydrogens is 292 g/mol. The Morgan fingerprint density at radius 2 is 2.23 bits per heavy atom. The number of ether oxygens (including phenoxy) is 1. The number of aromatic amines is 1. The van der Waals surface area contributed by atoms with Crippen LogP contribution < -0.4 is 10.5 Å². The minimum atomic E-state index is -0.756. The van der Waals surface area contributed by atoms with Crippen molar-refractivity contribution in [2.75, 3.05) is 12.3 Å². The summed E-state index contributed by atoms with van der Waals surface area (Å²) in [5, 5.41) is 9.93. The molecule has 0 spiro atoms. The van der Waals surface area contributed by atoms with Gasteiger partial charge < -0.3 is 10.5 Å². The Kier molecular flexibility index (Phi) is 4.50. The van der Waals surface area contributed by atoms with Gasteiger partial charge in [0.05, 0.1) is 5.57 Å². The first-order chi connectivity index (χ1) is 10.4. The third kappa shape index (κ3) is 3.11. The summed E-state index contributed by atoms with van der Waals surface area (Å²) in [5.74, 6) is -1.08. The van der Waals surface area contributed by atoms with Crippen LogP contribution in [0.2, 0.25) is 0 Å². The molecule has 0 aromatic carbocycles. The van der Waals surface area contributed by atoms with Crippen LogP contribution in [-0.4, -0.2) is 27.0 Å². The molecule has 0 saturated heterocycles. The first kappa shape index (κ1) is 15.6. The molecule has 22 heavy (non-hydrogen) atoms.